The molecule has 1 amide bonds. The van der Waals surface area contributed by atoms with E-state index in [-0.39, 0.29) is 5.91 Å². The van der Waals surface area contributed by atoms with Gasteiger partial charge in [-0.3, -0.25) is 4.79 Å². The van der Waals surface area contributed by atoms with E-state index in [1.54, 1.807) is 12.0 Å². The molecule has 1 aromatic rings. The van der Waals surface area contributed by atoms with Gasteiger partial charge in [0, 0.05) is 12.1 Å². The minimum Gasteiger partial charge on any atom is -0.496 e. The lowest BCUT2D eigenvalue weighted by atomic mass is 10.1. The van der Waals surface area contributed by atoms with Gasteiger partial charge in [-0.1, -0.05) is 37.3 Å². The van der Waals surface area contributed by atoms with Crippen molar-refractivity contribution < 1.29 is 9.53 Å². The lowest BCUT2D eigenvalue weighted by Crippen LogP contribution is -2.39. The number of hydrogen-bond donors (Lipinski definition) is 1. The second-order valence-electron chi connectivity index (χ2n) is 4.27. The first-order valence-electron chi connectivity index (χ1n) is 6.26. The third-order valence-corrected chi connectivity index (χ3v) is 2.86. The Kier molecular flexibility index (Phi) is 6.29. The van der Waals surface area contributed by atoms with Gasteiger partial charge in [0.25, 0.3) is 0 Å². The topological polar surface area (TPSA) is 55.6 Å². The number of nitrogens with two attached hydrogens (primary N) is 1. The van der Waals surface area contributed by atoms with Gasteiger partial charge in [0.2, 0.25) is 5.91 Å². The highest BCUT2D eigenvalue weighted by Gasteiger charge is 2.15. The number of thiocarbonyl (C=S) groups is 1. The largest absolute Gasteiger partial charge is 0.496 e. The number of methoxy groups -OCH3 is 1. The zero-order chi connectivity index (χ0) is 14.3. The van der Waals surface area contributed by atoms with Gasteiger partial charge in [0.1, 0.15) is 5.75 Å². The summed E-state index contributed by atoms with van der Waals surface area (Å²) in [4.78, 5) is 14.3. The highest BCUT2D eigenvalue weighted by molar-refractivity contribution is 7.80. The molecule has 0 aromatic heterocycles. The highest BCUT2D eigenvalue weighted by atomic mass is 32.1. The molecule has 0 saturated carbocycles. The molecule has 0 aliphatic rings. The fourth-order valence-corrected chi connectivity index (χ4v) is 2.03. The van der Waals surface area contributed by atoms with E-state index in [4.69, 9.17) is 22.7 Å². The first-order valence-corrected chi connectivity index (χ1v) is 6.67. The number of para-hydroxylation sites is 1. The number of ether oxygens (including phenoxy) is 1. The molecule has 0 aliphatic carbocycles. The first-order chi connectivity index (χ1) is 9.08. The van der Waals surface area contributed by atoms with Crippen LogP contribution in [0.5, 0.6) is 5.75 Å². The summed E-state index contributed by atoms with van der Waals surface area (Å²) in [6.45, 7) is 3.01. The predicted octanol–water partition coefficient (Wildman–Crippen LogP) is 1.76. The van der Waals surface area contributed by atoms with Crippen LogP contribution in [0, 0.1) is 0 Å². The maximum atomic E-state index is 12.3. The summed E-state index contributed by atoms with van der Waals surface area (Å²) in [6, 6.07) is 7.51. The maximum Gasteiger partial charge on any atom is 0.227 e. The Bertz CT molecular complexity index is 449. The van der Waals surface area contributed by atoms with Crippen molar-refractivity contribution in [2.75, 3.05) is 20.2 Å². The summed E-state index contributed by atoms with van der Waals surface area (Å²) in [5.74, 6) is 0.738. The van der Waals surface area contributed by atoms with Crippen LogP contribution < -0.4 is 10.5 Å². The number of amides is 1. The fraction of sp³-hybridized carbons (Fsp3) is 0.429. The lowest BCUT2D eigenvalue weighted by Gasteiger charge is -2.22. The second-order valence-corrected chi connectivity index (χ2v) is 4.79. The molecule has 104 valence electrons. The average molecular weight is 280 g/mol. The Balaban J connectivity index is 2.77. The molecule has 0 unspecified atom stereocenters. The maximum absolute atomic E-state index is 12.3. The van der Waals surface area contributed by atoms with E-state index < -0.39 is 0 Å². The van der Waals surface area contributed by atoms with Gasteiger partial charge in [0.05, 0.1) is 25.1 Å². The van der Waals surface area contributed by atoms with Gasteiger partial charge in [-0.25, -0.2) is 0 Å². The highest BCUT2D eigenvalue weighted by Crippen LogP contribution is 2.18. The smallest absolute Gasteiger partial charge is 0.227 e. The van der Waals surface area contributed by atoms with Gasteiger partial charge < -0.3 is 15.4 Å². The summed E-state index contributed by atoms with van der Waals surface area (Å²) in [6.07, 6.45) is 1.17. The summed E-state index contributed by atoms with van der Waals surface area (Å²) < 4.78 is 5.25. The monoisotopic (exact) mass is 280 g/mol. The first kappa shape index (κ1) is 15.4. The van der Waals surface area contributed by atoms with Crippen molar-refractivity contribution in [1.82, 2.24) is 4.90 Å². The van der Waals surface area contributed by atoms with E-state index in [1.807, 2.05) is 31.2 Å². The molecule has 0 heterocycles. The number of rotatable bonds is 7. The minimum absolute atomic E-state index is 0.0131. The third kappa shape index (κ3) is 4.87. The van der Waals surface area contributed by atoms with E-state index in [9.17, 15) is 4.79 Å². The molecule has 2 N–H and O–H groups in total. The molecule has 4 nitrogen and oxygen atoms in total. The Morgan fingerprint density at radius 2 is 2.11 bits per heavy atom. The number of nitrogens with zero attached hydrogens (tertiary/aromatic N) is 1. The van der Waals surface area contributed by atoms with Crippen LogP contribution in [-0.4, -0.2) is 36.0 Å². The van der Waals surface area contributed by atoms with Crippen LogP contribution in [0.3, 0.4) is 0 Å². The predicted molar refractivity (Wildman–Crippen MR) is 80.4 cm³/mol. The zero-order valence-electron chi connectivity index (χ0n) is 11.4. The third-order valence-electron chi connectivity index (χ3n) is 2.73. The van der Waals surface area contributed by atoms with Crippen molar-refractivity contribution in [2.45, 2.75) is 19.8 Å². The zero-order valence-corrected chi connectivity index (χ0v) is 12.2. The molecule has 1 rings (SSSR count). The Morgan fingerprint density at radius 1 is 1.42 bits per heavy atom. The van der Waals surface area contributed by atoms with Crippen LogP contribution in [0.15, 0.2) is 24.3 Å². The van der Waals surface area contributed by atoms with Crippen molar-refractivity contribution in [3.8, 4) is 5.75 Å². The van der Waals surface area contributed by atoms with Gasteiger partial charge >= 0.3 is 0 Å². The van der Waals surface area contributed by atoms with Gasteiger partial charge in [-0.2, -0.15) is 0 Å². The minimum atomic E-state index is 0.0131. The number of hydrogen-bond acceptors (Lipinski definition) is 3. The molecule has 5 heteroatoms. The number of carbonyl (C=O) groups is 1. The van der Waals surface area contributed by atoms with Crippen molar-refractivity contribution in [1.29, 1.82) is 0 Å². The van der Waals surface area contributed by atoms with Crippen molar-refractivity contribution in [3.63, 3.8) is 0 Å². The van der Waals surface area contributed by atoms with E-state index in [1.165, 1.54) is 0 Å². The molecule has 19 heavy (non-hydrogen) atoms. The van der Waals surface area contributed by atoms with E-state index >= 15 is 0 Å². The Hall–Kier alpha value is -1.62. The van der Waals surface area contributed by atoms with Gasteiger partial charge in [-0.15, -0.1) is 0 Å². The molecule has 0 radical (unpaired) electrons. The molecule has 0 bridgehead atoms. The molecule has 1 aromatic carbocycles. The second kappa shape index (κ2) is 7.74. The summed E-state index contributed by atoms with van der Waals surface area (Å²) >= 11 is 4.88. The molecule has 0 fully saturated rings. The molecular weight excluding hydrogens is 260 g/mol. The van der Waals surface area contributed by atoms with Crippen LogP contribution in [0.1, 0.15) is 18.9 Å². The van der Waals surface area contributed by atoms with Gasteiger partial charge in [0.15, 0.2) is 0 Å². The molecule has 0 atom stereocenters. The molecule has 0 spiro atoms. The standard InChI is InChI=1S/C14H20N2O2S/c1-3-8-16(10-13(15)19)14(17)9-11-6-4-5-7-12(11)18-2/h4-7H,3,8-10H2,1-2H3,(H2,15,19). The normalized spacial score (nSPS) is 10.0. The summed E-state index contributed by atoms with van der Waals surface area (Å²) in [5.41, 5.74) is 6.40. The summed E-state index contributed by atoms with van der Waals surface area (Å²) in [5, 5.41) is 0. The quantitative estimate of drug-likeness (QED) is 0.773. The van der Waals surface area contributed by atoms with E-state index in [0.717, 1.165) is 17.7 Å². The van der Waals surface area contributed by atoms with Crippen LogP contribution in [0.4, 0.5) is 0 Å². The van der Waals surface area contributed by atoms with E-state index in [0.29, 0.717) is 24.5 Å². The number of benzene rings is 1. The number of carbonyl (C=O) groups excluding carboxylic acids is 1. The van der Waals surface area contributed by atoms with Crippen LogP contribution in [-0.2, 0) is 11.2 Å². The molecular formula is C14H20N2O2S. The lowest BCUT2D eigenvalue weighted by molar-refractivity contribution is -0.129. The Labute approximate surface area is 119 Å². The fourth-order valence-electron chi connectivity index (χ4n) is 1.87. The Morgan fingerprint density at radius 3 is 2.68 bits per heavy atom. The molecule has 0 aliphatic heterocycles. The van der Waals surface area contributed by atoms with Crippen molar-refractivity contribution in [2.24, 2.45) is 5.73 Å². The summed E-state index contributed by atoms with van der Waals surface area (Å²) in [7, 11) is 1.60. The van der Waals surface area contributed by atoms with Crippen LogP contribution in [0.2, 0.25) is 0 Å². The molecule has 0 saturated heterocycles. The van der Waals surface area contributed by atoms with Crippen LogP contribution in [0.25, 0.3) is 0 Å². The van der Waals surface area contributed by atoms with Crippen molar-refractivity contribution >= 4 is 23.1 Å². The van der Waals surface area contributed by atoms with Crippen LogP contribution >= 0.6 is 12.2 Å². The van der Waals surface area contributed by atoms with Crippen molar-refractivity contribution in [3.05, 3.63) is 29.8 Å². The SMILES string of the molecule is CCCN(CC(N)=S)C(=O)Cc1ccccc1OC. The average Bonchev–Trinajstić information content (AvgIpc) is 2.38. The van der Waals surface area contributed by atoms with E-state index in [2.05, 4.69) is 0 Å². The van der Waals surface area contributed by atoms with Gasteiger partial charge in [-0.05, 0) is 12.5 Å².